The largest absolute Gasteiger partial charge is 0.325 e. The van der Waals surface area contributed by atoms with Gasteiger partial charge in [0.05, 0.1) is 0 Å². The van der Waals surface area contributed by atoms with Crippen molar-refractivity contribution in [3.63, 3.8) is 0 Å². The molecule has 0 aromatic heterocycles. The molecule has 0 bridgehead atoms. The van der Waals surface area contributed by atoms with E-state index < -0.39 is 12.2 Å². The van der Waals surface area contributed by atoms with Gasteiger partial charge >= 0.3 is 6.03 Å². The number of piperidine rings is 1. The molecule has 4 heterocycles. The number of amides is 3. The average Bonchev–Trinajstić information content (AvgIpc) is 3.08. The van der Waals surface area contributed by atoms with Crippen LogP contribution in [0.3, 0.4) is 0 Å². The monoisotopic (exact) mass is 374 g/mol. The molecule has 4 aliphatic rings. The number of hydrogen-bond acceptors (Lipinski definition) is 6. The minimum Gasteiger partial charge on any atom is -0.313 e. The third kappa shape index (κ3) is 2.90. The van der Waals surface area contributed by atoms with Crippen molar-refractivity contribution in [2.45, 2.75) is 46.3 Å². The van der Waals surface area contributed by atoms with Gasteiger partial charge in [-0.15, -0.1) is 0 Å². The van der Waals surface area contributed by atoms with Crippen molar-refractivity contribution in [2.75, 3.05) is 33.2 Å². The zero-order valence-electron chi connectivity index (χ0n) is 16.9. The maximum Gasteiger partial charge on any atom is 0.325 e. The first kappa shape index (κ1) is 18.3. The molecule has 0 spiro atoms. The van der Waals surface area contributed by atoms with Gasteiger partial charge in [0.2, 0.25) is 5.96 Å². The predicted molar refractivity (Wildman–Crippen MR) is 103 cm³/mol. The first-order chi connectivity index (χ1) is 12.8. The van der Waals surface area contributed by atoms with E-state index in [-0.39, 0.29) is 11.9 Å². The molecule has 0 aromatic carbocycles. The van der Waals surface area contributed by atoms with Crippen LogP contribution in [0.5, 0.6) is 0 Å². The standard InChI is InChI=1S/C19H30N6O2/c1-11-8-12(2)10-23(9-11)6-7-24-13(3)14(4)25-15-16(20-18(24)25)22(5)19(27)21-17(15)26/h11-12,15-16H,6-10H2,1-5H3,(H,21,26,27). The average molecular weight is 374 g/mol. The van der Waals surface area contributed by atoms with E-state index in [0.717, 1.165) is 55.4 Å². The van der Waals surface area contributed by atoms with Crippen molar-refractivity contribution in [1.82, 2.24) is 24.9 Å². The molecule has 0 aromatic rings. The van der Waals surface area contributed by atoms with Crippen molar-refractivity contribution >= 4 is 17.9 Å². The van der Waals surface area contributed by atoms with Crippen LogP contribution in [0, 0.1) is 11.8 Å². The number of nitrogens with zero attached hydrogens (tertiary/aromatic N) is 5. The molecule has 4 aliphatic heterocycles. The number of fused-ring (bicyclic) bond motifs is 3. The van der Waals surface area contributed by atoms with Gasteiger partial charge in [0, 0.05) is 44.6 Å². The number of guanidine groups is 1. The number of likely N-dealkylation sites (N-methyl/N-ethyl adjacent to an activating group) is 1. The van der Waals surface area contributed by atoms with Crippen molar-refractivity contribution in [3.8, 4) is 0 Å². The number of hydrogen-bond donors (Lipinski definition) is 1. The number of imide groups is 1. The van der Waals surface area contributed by atoms with Gasteiger partial charge in [-0.25, -0.2) is 9.79 Å². The molecule has 4 atom stereocenters. The van der Waals surface area contributed by atoms with Crippen molar-refractivity contribution in [1.29, 1.82) is 0 Å². The van der Waals surface area contributed by atoms with E-state index in [9.17, 15) is 9.59 Å². The number of carbonyl (C=O) groups excluding carboxylic acids is 2. The Bertz CT molecular complexity index is 722. The highest BCUT2D eigenvalue weighted by Crippen LogP contribution is 2.36. The second-order valence-corrected chi connectivity index (χ2v) is 8.59. The Kier molecular flexibility index (Phi) is 4.41. The Morgan fingerprint density at radius 1 is 1.07 bits per heavy atom. The summed E-state index contributed by atoms with van der Waals surface area (Å²) in [7, 11) is 1.69. The van der Waals surface area contributed by atoms with Crippen LogP contribution >= 0.6 is 0 Å². The Morgan fingerprint density at radius 3 is 2.41 bits per heavy atom. The minimum absolute atomic E-state index is 0.269. The van der Waals surface area contributed by atoms with Gasteiger partial charge in [0.15, 0.2) is 12.2 Å². The molecular weight excluding hydrogens is 344 g/mol. The molecule has 1 N–H and O–H groups in total. The van der Waals surface area contributed by atoms with Gasteiger partial charge in [-0.05, 0) is 32.1 Å². The molecule has 2 fully saturated rings. The normalized spacial score (nSPS) is 34.1. The highest BCUT2D eigenvalue weighted by molar-refractivity contribution is 6.05. The lowest BCUT2D eigenvalue weighted by molar-refractivity contribution is -0.126. The van der Waals surface area contributed by atoms with Gasteiger partial charge in [0.25, 0.3) is 5.91 Å². The highest BCUT2D eigenvalue weighted by Gasteiger charge is 2.53. The summed E-state index contributed by atoms with van der Waals surface area (Å²) in [5.74, 6) is 2.00. The summed E-state index contributed by atoms with van der Waals surface area (Å²) in [6.07, 6.45) is 0.847. The smallest absolute Gasteiger partial charge is 0.313 e. The molecule has 8 heteroatoms. The Labute approximate surface area is 160 Å². The van der Waals surface area contributed by atoms with Crippen LogP contribution in [0.4, 0.5) is 4.79 Å². The predicted octanol–water partition coefficient (Wildman–Crippen LogP) is 1.08. The number of allylic oxidation sites excluding steroid dienone is 2. The minimum atomic E-state index is -0.474. The second-order valence-electron chi connectivity index (χ2n) is 8.59. The Morgan fingerprint density at radius 2 is 1.74 bits per heavy atom. The van der Waals surface area contributed by atoms with Crippen LogP contribution in [0.15, 0.2) is 16.4 Å². The number of carbonyl (C=O) groups is 2. The van der Waals surface area contributed by atoms with Crippen molar-refractivity contribution in [3.05, 3.63) is 11.4 Å². The van der Waals surface area contributed by atoms with E-state index in [2.05, 4.69) is 35.9 Å². The molecule has 148 valence electrons. The summed E-state index contributed by atoms with van der Waals surface area (Å²) in [6, 6.07) is -0.856. The fourth-order valence-electron chi connectivity index (χ4n) is 5.01. The molecule has 4 rings (SSSR count). The third-order valence-electron chi connectivity index (χ3n) is 6.36. The number of aliphatic imine (C=N–C) groups is 1. The maximum absolute atomic E-state index is 12.5. The van der Waals surface area contributed by atoms with E-state index in [4.69, 9.17) is 4.99 Å². The van der Waals surface area contributed by atoms with Gasteiger partial charge < -0.3 is 14.7 Å². The summed E-state index contributed by atoms with van der Waals surface area (Å²) < 4.78 is 0. The van der Waals surface area contributed by atoms with E-state index >= 15 is 0 Å². The van der Waals surface area contributed by atoms with Gasteiger partial charge in [0.1, 0.15) is 0 Å². The summed E-state index contributed by atoms with van der Waals surface area (Å²) >= 11 is 0. The molecule has 8 nitrogen and oxygen atoms in total. The number of urea groups is 1. The molecule has 0 aliphatic carbocycles. The van der Waals surface area contributed by atoms with E-state index in [1.54, 1.807) is 7.05 Å². The number of likely N-dealkylation sites (tertiary alicyclic amines) is 1. The van der Waals surface area contributed by atoms with E-state index in [0.29, 0.717) is 0 Å². The van der Waals surface area contributed by atoms with E-state index in [1.165, 1.54) is 11.3 Å². The zero-order valence-corrected chi connectivity index (χ0v) is 16.9. The Hall–Kier alpha value is -2.09. The number of nitrogens with one attached hydrogen (secondary N) is 1. The molecular formula is C19H30N6O2. The zero-order chi connectivity index (χ0) is 19.5. The summed E-state index contributed by atoms with van der Waals surface area (Å²) in [5.41, 5.74) is 2.18. The van der Waals surface area contributed by atoms with Crippen molar-refractivity contribution in [2.24, 2.45) is 16.8 Å². The summed E-state index contributed by atoms with van der Waals surface area (Å²) in [5, 5.41) is 2.44. The van der Waals surface area contributed by atoms with Crippen LogP contribution in [0.25, 0.3) is 0 Å². The fraction of sp³-hybridized carbons (Fsp3) is 0.737. The maximum atomic E-state index is 12.5. The lowest BCUT2D eigenvalue weighted by Gasteiger charge is -2.36. The third-order valence-corrected chi connectivity index (χ3v) is 6.36. The Balaban J connectivity index is 1.53. The SMILES string of the molecule is CC1=C(C)N2C(=NC3C2C(=O)NC(=O)N3C)N1CCN1CC(C)CC(C)C1. The van der Waals surface area contributed by atoms with Crippen LogP contribution in [0.2, 0.25) is 0 Å². The first-order valence-corrected chi connectivity index (χ1v) is 9.90. The molecule has 3 amide bonds. The molecule has 0 saturated carbocycles. The fourth-order valence-corrected chi connectivity index (χ4v) is 5.01. The van der Waals surface area contributed by atoms with Crippen LogP contribution in [-0.2, 0) is 4.79 Å². The van der Waals surface area contributed by atoms with Crippen LogP contribution in [-0.4, -0.2) is 82.9 Å². The van der Waals surface area contributed by atoms with Crippen LogP contribution in [0.1, 0.15) is 34.1 Å². The molecule has 27 heavy (non-hydrogen) atoms. The molecule has 0 radical (unpaired) electrons. The topological polar surface area (TPSA) is 71.5 Å². The second kappa shape index (κ2) is 6.51. The summed E-state index contributed by atoms with van der Waals surface area (Å²) in [4.78, 5) is 37.5. The van der Waals surface area contributed by atoms with Gasteiger partial charge in [-0.3, -0.25) is 15.0 Å². The van der Waals surface area contributed by atoms with Gasteiger partial charge in [-0.2, -0.15) is 0 Å². The van der Waals surface area contributed by atoms with Crippen molar-refractivity contribution < 1.29 is 9.59 Å². The quantitative estimate of drug-likeness (QED) is 0.800. The molecule has 2 saturated heterocycles. The lowest BCUT2D eigenvalue weighted by atomic mass is 9.92. The number of rotatable bonds is 3. The summed E-state index contributed by atoms with van der Waals surface area (Å²) in [6.45, 7) is 12.9. The molecule has 4 unspecified atom stereocenters. The first-order valence-electron chi connectivity index (χ1n) is 9.90. The van der Waals surface area contributed by atoms with Gasteiger partial charge in [-0.1, -0.05) is 13.8 Å². The lowest BCUT2D eigenvalue weighted by Crippen LogP contribution is -2.63. The van der Waals surface area contributed by atoms with E-state index in [1.807, 2.05) is 11.8 Å². The highest BCUT2D eigenvalue weighted by atomic mass is 16.2. The van der Waals surface area contributed by atoms with Crippen LogP contribution < -0.4 is 5.32 Å².